The van der Waals surface area contributed by atoms with Crippen molar-refractivity contribution in [2.75, 3.05) is 18.4 Å². The maximum absolute atomic E-state index is 12.5. The molecule has 1 fully saturated rings. The maximum atomic E-state index is 12.5. The Morgan fingerprint density at radius 3 is 2.44 bits per heavy atom. The summed E-state index contributed by atoms with van der Waals surface area (Å²) >= 11 is 18.3. The zero-order valence-corrected chi connectivity index (χ0v) is 15.9. The number of hydrogen-bond donors (Lipinski definition) is 1. The molecular formula is C19H19Cl3N2O. The number of para-hydroxylation sites is 1. The molecular weight excluding hydrogens is 379 g/mol. The van der Waals surface area contributed by atoms with Crippen molar-refractivity contribution in [3.05, 3.63) is 63.1 Å². The van der Waals surface area contributed by atoms with Crippen LogP contribution >= 0.6 is 34.8 Å². The monoisotopic (exact) mass is 396 g/mol. The van der Waals surface area contributed by atoms with Gasteiger partial charge < -0.3 is 5.32 Å². The van der Waals surface area contributed by atoms with E-state index in [9.17, 15) is 4.79 Å². The van der Waals surface area contributed by atoms with Gasteiger partial charge in [-0.15, -0.1) is 0 Å². The first-order chi connectivity index (χ1) is 12.0. The molecule has 3 rings (SSSR count). The van der Waals surface area contributed by atoms with E-state index in [0.29, 0.717) is 20.8 Å². The molecule has 2 aromatic carbocycles. The predicted molar refractivity (Wildman–Crippen MR) is 105 cm³/mol. The molecule has 25 heavy (non-hydrogen) atoms. The van der Waals surface area contributed by atoms with E-state index in [2.05, 4.69) is 10.2 Å². The summed E-state index contributed by atoms with van der Waals surface area (Å²) in [5, 5.41) is 4.82. The maximum Gasteiger partial charge on any atom is 0.227 e. The first-order valence-electron chi connectivity index (χ1n) is 8.24. The number of carbonyl (C=O) groups excluding carboxylic acids is 1. The minimum Gasteiger partial charge on any atom is -0.325 e. The zero-order chi connectivity index (χ0) is 17.8. The number of likely N-dealkylation sites (tertiary alicyclic amines) is 1. The van der Waals surface area contributed by atoms with E-state index < -0.39 is 0 Å². The van der Waals surface area contributed by atoms with E-state index in [0.717, 1.165) is 38.0 Å². The highest BCUT2D eigenvalue weighted by molar-refractivity contribution is 6.35. The smallest absolute Gasteiger partial charge is 0.227 e. The molecule has 6 heteroatoms. The van der Waals surface area contributed by atoms with Gasteiger partial charge in [-0.1, -0.05) is 53.0 Å². The number of anilines is 1. The predicted octanol–water partition coefficient (Wildman–Crippen LogP) is 5.50. The summed E-state index contributed by atoms with van der Waals surface area (Å²) in [7, 11) is 0. The molecule has 0 bridgehead atoms. The van der Waals surface area contributed by atoms with Crippen LogP contribution in [-0.4, -0.2) is 23.9 Å². The third-order valence-corrected chi connectivity index (χ3v) is 5.42. The number of amides is 1. The molecule has 0 aromatic heterocycles. The molecule has 1 aliphatic rings. The lowest BCUT2D eigenvalue weighted by atomic mass is 9.95. The molecule has 3 nitrogen and oxygen atoms in total. The third kappa shape index (κ3) is 4.89. The number of benzene rings is 2. The van der Waals surface area contributed by atoms with Gasteiger partial charge >= 0.3 is 0 Å². The Morgan fingerprint density at radius 1 is 1.04 bits per heavy atom. The number of piperidine rings is 1. The van der Waals surface area contributed by atoms with Crippen LogP contribution in [0.5, 0.6) is 0 Å². The van der Waals surface area contributed by atoms with Crippen molar-refractivity contribution in [1.29, 1.82) is 0 Å². The number of nitrogens with one attached hydrogen (secondary N) is 1. The molecule has 1 heterocycles. The van der Waals surface area contributed by atoms with Crippen LogP contribution in [0.15, 0.2) is 42.5 Å². The number of rotatable bonds is 4. The average Bonchev–Trinajstić information content (AvgIpc) is 2.60. The fourth-order valence-electron chi connectivity index (χ4n) is 3.04. The van der Waals surface area contributed by atoms with E-state index in [1.807, 2.05) is 30.3 Å². The van der Waals surface area contributed by atoms with Gasteiger partial charge in [0.1, 0.15) is 0 Å². The van der Waals surface area contributed by atoms with Gasteiger partial charge in [-0.25, -0.2) is 0 Å². The second-order valence-electron chi connectivity index (χ2n) is 6.26. The van der Waals surface area contributed by atoms with Crippen LogP contribution in [0.1, 0.15) is 18.4 Å². The molecule has 0 radical (unpaired) electrons. The lowest BCUT2D eigenvalue weighted by Crippen LogP contribution is -2.37. The standard InChI is InChI=1S/C19H19Cl3N2O/c20-15-6-5-14(17(22)11-15)12-24-9-7-13(8-10-24)19(25)23-18-4-2-1-3-16(18)21/h1-6,11,13H,7-10,12H2,(H,23,25). The summed E-state index contributed by atoms with van der Waals surface area (Å²) in [5.74, 6) is 0.0467. The summed E-state index contributed by atoms with van der Waals surface area (Å²) in [5.41, 5.74) is 1.73. The highest BCUT2D eigenvalue weighted by Crippen LogP contribution is 2.26. The number of nitrogens with zero attached hydrogens (tertiary/aromatic N) is 1. The molecule has 1 aliphatic heterocycles. The van der Waals surface area contributed by atoms with Crippen molar-refractivity contribution in [3.8, 4) is 0 Å². The molecule has 132 valence electrons. The van der Waals surface area contributed by atoms with Gasteiger partial charge in [-0.3, -0.25) is 9.69 Å². The largest absolute Gasteiger partial charge is 0.325 e. The normalized spacial score (nSPS) is 16.0. The van der Waals surface area contributed by atoms with Crippen LogP contribution in [0.25, 0.3) is 0 Å². The van der Waals surface area contributed by atoms with Gasteiger partial charge in [0.15, 0.2) is 0 Å². The van der Waals surface area contributed by atoms with E-state index in [1.165, 1.54) is 0 Å². The summed E-state index contributed by atoms with van der Waals surface area (Å²) in [6.45, 7) is 2.49. The first-order valence-corrected chi connectivity index (χ1v) is 9.38. The molecule has 0 aliphatic carbocycles. The quantitative estimate of drug-likeness (QED) is 0.739. The molecule has 1 amide bonds. The van der Waals surface area contributed by atoms with E-state index >= 15 is 0 Å². The van der Waals surface area contributed by atoms with Crippen molar-refractivity contribution in [2.24, 2.45) is 5.92 Å². The first kappa shape index (κ1) is 18.5. The Balaban J connectivity index is 1.53. The SMILES string of the molecule is O=C(Nc1ccccc1Cl)C1CCN(Cc2ccc(Cl)cc2Cl)CC1. The average molecular weight is 398 g/mol. The van der Waals surface area contributed by atoms with Gasteiger partial charge in [0.25, 0.3) is 0 Å². The summed E-state index contributed by atoms with van der Waals surface area (Å²) in [6, 6.07) is 12.9. The van der Waals surface area contributed by atoms with Crippen LogP contribution in [0, 0.1) is 5.92 Å². The van der Waals surface area contributed by atoms with Crippen molar-refractivity contribution >= 4 is 46.4 Å². The summed E-state index contributed by atoms with van der Waals surface area (Å²) in [6.07, 6.45) is 1.64. The Hall–Kier alpha value is -1.26. The van der Waals surface area contributed by atoms with Crippen LogP contribution in [0.3, 0.4) is 0 Å². The third-order valence-electron chi connectivity index (χ3n) is 4.50. The molecule has 0 unspecified atom stereocenters. The minimum absolute atomic E-state index is 0.00760. The van der Waals surface area contributed by atoms with Crippen molar-refractivity contribution in [2.45, 2.75) is 19.4 Å². The Morgan fingerprint density at radius 2 is 1.76 bits per heavy atom. The molecule has 1 saturated heterocycles. The van der Waals surface area contributed by atoms with Gasteiger partial charge in [0.05, 0.1) is 10.7 Å². The summed E-state index contributed by atoms with van der Waals surface area (Å²) < 4.78 is 0. The molecule has 0 atom stereocenters. The highest BCUT2D eigenvalue weighted by atomic mass is 35.5. The second-order valence-corrected chi connectivity index (χ2v) is 7.51. The zero-order valence-electron chi connectivity index (χ0n) is 13.6. The molecule has 2 aromatic rings. The van der Waals surface area contributed by atoms with Gasteiger partial charge in [0, 0.05) is 22.5 Å². The Bertz CT molecular complexity index is 758. The lowest BCUT2D eigenvalue weighted by Gasteiger charge is -2.31. The minimum atomic E-state index is 0.00760. The van der Waals surface area contributed by atoms with E-state index in [-0.39, 0.29) is 11.8 Å². The van der Waals surface area contributed by atoms with Crippen molar-refractivity contribution in [3.63, 3.8) is 0 Å². The van der Waals surface area contributed by atoms with Crippen molar-refractivity contribution in [1.82, 2.24) is 4.90 Å². The van der Waals surface area contributed by atoms with Gasteiger partial charge in [-0.2, -0.15) is 0 Å². The van der Waals surface area contributed by atoms with Crippen LogP contribution in [0.2, 0.25) is 15.1 Å². The van der Waals surface area contributed by atoms with Crippen molar-refractivity contribution < 1.29 is 4.79 Å². The summed E-state index contributed by atoms with van der Waals surface area (Å²) in [4.78, 5) is 14.8. The second kappa shape index (κ2) is 8.41. The van der Waals surface area contributed by atoms with Crippen LogP contribution in [-0.2, 0) is 11.3 Å². The molecule has 1 N–H and O–H groups in total. The number of carbonyl (C=O) groups is 1. The fourth-order valence-corrected chi connectivity index (χ4v) is 3.69. The lowest BCUT2D eigenvalue weighted by molar-refractivity contribution is -0.121. The Kier molecular flexibility index (Phi) is 6.24. The van der Waals surface area contributed by atoms with Gasteiger partial charge in [0.2, 0.25) is 5.91 Å². The van der Waals surface area contributed by atoms with E-state index in [1.54, 1.807) is 12.1 Å². The highest BCUT2D eigenvalue weighted by Gasteiger charge is 2.25. The van der Waals surface area contributed by atoms with Crippen LogP contribution < -0.4 is 5.32 Å². The Labute approximate surface area is 162 Å². The van der Waals surface area contributed by atoms with E-state index in [4.69, 9.17) is 34.8 Å². The topological polar surface area (TPSA) is 32.3 Å². The fraction of sp³-hybridized carbons (Fsp3) is 0.316. The van der Waals surface area contributed by atoms with Crippen LogP contribution in [0.4, 0.5) is 5.69 Å². The number of hydrogen-bond acceptors (Lipinski definition) is 2. The molecule has 0 saturated carbocycles. The number of halogens is 3. The van der Waals surface area contributed by atoms with Gasteiger partial charge in [-0.05, 0) is 55.8 Å². The molecule has 0 spiro atoms.